The predicted molar refractivity (Wildman–Crippen MR) is 111 cm³/mol. The van der Waals surface area contributed by atoms with Gasteiger partial charge in [0.05, 0.1) is 0 Å². The number of carbonyl (C=O) groups excluding carboxylic acids is 1. The summed E-state index contributed by atoms with van der Waals surface area (Å²) in [5, 5.41) is 12.6. The van der Waals surface area contributed by atoms with Crippen LogP contribution in [0.1, 0.15) is 11.1 Å². The SMILES string of the molecule is N#C/C(=C\c1ccccc1OCc1ccccc1F)C(=O)Nc1ccc(Cl)cc1. The van der Waals surface area contributed by atoms with Crippen LogP contribution >= 0.6 is 11.6 Å². The highest BCUT2D eigenvalue weighted by atomic mass is 35.5. The molecule has 1 amide bonds. The minimum atomic E-state index is -0.557. The van der Waals surface area contributed by atoms with Crippen LogP contribution in [0.15, 0.2) is 78.4 Å². The zero-order valence-electron chi connectivity index (χ0n) is 15.2. The number of rotatable bonds is 6. The summed E-state index contributed by atoms with van der Waals surface area (Å²) in [6, 6.07) is 21.7. The molecule has 3 aromatic rings. The Morgan fingerprint density at radius 2 is 1.76 bits per heavy atom. The lowest BCUT2D eigenvalue weighted by Gasteiger charge is -2.10. The molecule has 0 aliphatic heterocycles. The van der Waals surface area contributed by atoms with Gasteiger partial charge < -0.3 is 10.1 Å². The van der Waals surface area contributed by atoms with Crippen LogP contribution in [0.5, 0.6) is 5.75 Å². The monoisotopic (exact) mass is 406 g/mol. The number of nitrogens with zero attached hydrogens (tertiary/aromatic N) is 1. The lowest BCUT2D eigenvalue weighted by Crippen LogP contribution is -2.13. The highest BCUT2D eigenvalue weighted by Gasteiger charge is 2.12. The Balaban J connectivity index is 1.78. The third kappa shape index (κ3) is 5.44. The van der Waals surface area contributed by atoms with E-state index in [-0.39, 0.29) is 18.0 Å². The maximum atomic E-state index is 13.8. The maximum Gasteiger partial charge on any atom is 0.266 e. The van der Waals surface area contributed by atoms with E-state index in [0.717, 1.165) is 0 Å². The molecule has 0 aliphatic rings. The number of halogens is 2. The molecule has 3 aromatic carbocycles. The fourth-order valence-electron chi connectivity index (χ4n) is 2.54. The van der Waals surface area contributed by atoms with Gasteiger partial charge in [0.25, 0.3) is 5.91 Å². The average Bonchev–Trinajstić information content (AvgIpc) is 2.73. The summed E-state index contributed by atoms with van der Waals surface area (Å²) in [5.74, 6) is -0.484. The minimum Gasteiger partial charge on any atom is -0.488 e. The van der Waals surface area contributed by atoms with Crippen molar-refractivity contribution in [3.8, 4) is 11.8 Å². The van der Waals surface area contributed by atoms with Gasteiger partial charge in [-0.2, -0.15) is 5.26 Å². The van der Waals surface area contributed by atoms with Crippen molar-refractivity contribution in [2.24, 2.45) is 0 Å². The van der Waals surface area contributed by atoms with Crippen molar-refractivity contribution in [2.75, 3.05) is 5.32 Å². The Morgan fingerprint density at radius 3 is 2.48 bits per heavy atom. The van der Waals surface area contributed by atoms with E-state index in [1.54, 1.807) is 66.7 Å². The van der Waals surface area contributed by atoms with Crippen LogP contribution in [0.4, 0.5) is 10.1 Å². The number of hydrogen-bond donors (Lipinski definition) is 1. The van der Waals surface area contributed by atoms with Crippen LogP contribution in [0, 0.1) is 17.1 Å². The molecule has 29 heavy (non-hydrogen) atoms. The molecular weight excluding hydrogens is 391 g/mol. The van der Waals surface area contributed by atoms with E-state index in [2.05, 4.69) is 5.32 Å². The number of ether oxygens (including phenoxy) is 1. The van der Waals surface area contributed by atoms with Gasteiger partial charge in [-0.05, 0) is 42.5 Å². The van der Waals surface area contributed by atoms with Gasteiger partial charge in [0.2, 0.25) is 0 Å². The second-order valence-electron chi connectivity index (χ2n) is 6.05. The number of anilines is 1. The van der Waals surface area contributed by atoms with E-state index in [9.17, 15) is 14.4 Å². The summed E-state index contributed by atoms with van der Waals surface area (Å²) in [6.45, 7) is 0.0242. The molecule has 144 valence electrons. The molecule has 0 fully saturated rings. The first-order valence-electron chi connectivity index (χ1n) is 8.71. The second-order valence-corrected chi connectivity index (χ2v) is 6.49. The summed E-state index contributed by atoms with van der Waals surface area (Å²) >= 11 is 5.83. The van der Waals surface area contributed by atoms with E-state index < -0.39 is 5.91 Å². The topological polar surface area (TPSA) is 62.1 Å². The molecule has 0 aromatic heterocycles. The molecule has 0 bridgehead atoms. The van der Waals surface area contributed by atoms with Gasteiger partial charge in [-0.25, -0.2) is 4.39 Å². The molecule has 0 atom stereocenters. The summed E-state index contributed by atoms with van der Waals surface area (Å²) in [4.78, 5) is 12.4. The van der Waals surface area contributed by atoms with Crippen molar-refractivity contribution in [3.05, 3.63) is 100 Å². The summed E-state index contributed by atoms with van der Waals surface area (Å²) in [7, 11) is 0. The Bertz CT molecular complexity index is 1090. The zero-order valence-corrected chi connectivity index (χ0v) is 16.0. The average molecular weight is 407 g/mol. The first kappa shape index (κ1) is 20.1. The van der Waals surface area contributed by atoms with E-state index >= 15 is 0 Å². The number of nitriles is 1. The van der Waals surface area contributed by atoms with Gasteiger partial charge in [-0.1, -0.05) is 48.0 Å². The summed E-state index contributed by atoms with van der Waals surface area (Å²) < 4.78 is 19.5. The third-order valence-corrected chi connectivity index (χ3v) is 4.28. The maximum absolute atomic E-state index is 13.8. The van der Waals surface area contributed by atoms with E-state index in [1.165, 1.54) is 12.1 Å². The van der Waals surface area contributed by atoms with Crippen LogP contribution in [0.2, 0.25) is 5.02 Å². The van der Waals surface area contributed by atoms with Gasteiger partial charge in [-0.15, -0.1) is 0 Å². The van der Waals surface area contributed by atoms with E-state index in [1.807, 2.05) is 6.07 Å². The van der Waals surface area contributed by atoms with Gasteiger partial charge >= 0.3 is 0 Å². The lowest BCUT2D eigenvalue weighted by atomic mass is 10.1. The highest BCUT2D eigenvalue weighted by Crippen LogP contribution is 2.23. The first-order chi connectivity index (χ1) is 14.1. The van der Waals surface area contributed by atoms with Crippen LogP contribution in [0.3, 0.4) is 0 Å². The van der Waals surface area contributed by atoms with Crippen LogP contribution in [-0.2, 0) is 11.4 Å². The number of hydrogen-bond acceptors (Lipinski definition) is 3. The standard InChI is InChI=1S/C23H16ClFN2O2/c24-19-9-11-20(12-10-19)27-23(28)18(14-26)13-16-5-2-4-8-22(16)29-15-17-6-1-3-7-21(17)25/h1-13H,15H2,(H,27,28)/b18-13+. The normalized spacial score (nSPS) is 10.9. The van der Waals surface area contributed by atoms with Crippen LogP contribution in [-0.4, -0.2) is 5.91 Å². The Kier molecular flexibility index (Phi) is 6.62. The van der Waals surface area contributed by atoms with E-state index in [0.29, 0.717) is 27.6 Å². The third-order valence-electron chi connectivity index (χ3n) is 4.03. The lowest BCUT2D eigenvalue weighted by molar-refractivity contribution is -0.112. The van der Waals surface area contributed by atoms with Crippen molar-refractivity contribution in [1.82, 2.24) is 0 Å². The molecule has 0 saturated carbocycles. The van der Waals surface area contributed by atoms with Crippen LogP contribution in [0.25, 0.3) is 6.08 Å². The zero-order chi connectivity index (χ0) is 20.6. The van der Waals surface area contributed by atoms with Gasteiger partial charge in [0.15, 0.2) is 0 Å². The quantitative estimate of drug-likeness (QED) is 0.428. The summed E-state index contributed by atoms with van der Waals surface area (Å²) in [6.07, 6.45) is 1.43. The second kappa shape index (κ2) is 9.54. The Hall–Kier alpha value is -3.62. The smallest absolute Gasteiger partial charge is 0.266 e. The molecule has 0 spiro atoms. The van der Waals surface area contributed by atoms with Crippen molar-refractivity contribution in [3.63, 3.8) is 0 Å². The molecule has 4 nitrogen and oxygen atoms in total. The molecule has 0 heterocycles. The molecular formula is C23H16ClFN2O2. The fourth-order valence-corrected chi connectivity index (χ4v) is 2.66. The summed E-state index contributed by atoms with van der Waals surface area (Å²) in [5.41, 5.74) is 1.37. The van der Waals surface area contributed by atoms with Crippen molar-refractivity contribution in [2.45, 2.75) is 6.61 Å². The Labute approximate surface area is 172 Å². The molecule has 0 unspecified atom stereocenters. The fraction of sp³-hybridized carbons (Fsp3) is 0.0435. The first-order valence-corrected chi connectivity index (χ1v) is 9.08. The Morgan fingerprint density at radius 1 is 1.07 bits per heavy atom. The van der Waals surface area contributed by atoms with Crippen molar-refractivity contribution >= 4 is 29.3 Å². The van der Waals surface area contributed by atoms with Gasteiger partial charge in [0.1, 0.15) is 29.8 Å². The molecule has 1 N–H and O–H groups in total. The number of benzene rings is 3. The number of carbonyl (C=O) groups is 1. The number of nitrogens with one attached hydrogen (secondary N) is 1. The van der Waals surface area contributed by atoms with Gasteiger partial charge in [0, 0.05) is 21.8 Å². The number of amides is 1. The molecule has 6 heteroatoms. The largest absolute Gasteiger partial charge is 0.488 e. The van der Waals surface area contributed by atoms with E-state index in [4.69, 9.17) is 16.3 Å². The van der Waals surface area contributed by atoms with Gasteiger partial charge in [-0.3, -0.25) is 4.79 Å². The molecule has 3 rings (SSSR count). The minimum absolute atomic E-state index is 0.0242. The van der Waals surface area contributed by atoms with Crippen molar-refractivity contribution < 1.29 is 13.9 Å². The van der Waals surface area contributed by atoms with Crippen LogP contribution < -0.4 is 10.1 Å². The number of para-hydroxylation sites is 1. The molecule has 0 aliphatic carbocycles. The molecule has 0 radical (unpaired) electrons. The van der Waals surface area contributed by atoms with Crippen molar-refractivity contribution in [1.29, 1.82) is 5.26 Å². The predicted octanol–water partition coefficient (Wildman–Crippen LogP) is 5.60. The molecule has 0 saturated heterocycles. The highest BCUT2D eigenvalue weighted by molar-refractivity contribution is 6.30.